The number of nitrogens with zero attached hydrogens (tertiary/aromatic N) is 1. The van der Waals surface area contributed by atoms with Gasteiger partial charge in [-0.1, -0.05) is 25.1 Å². The summed E-state index contributed by atoms with van der Waals surface area (Å²) in [5.41, 5.74) is 0. The minimum Gasteiger partial charge on any atom is -0.342 e. The fourth-order valence-corrected chi connectivity index (χ4v) is 3.21. The Bertz CT molecular complexity index is 379. The molecule has 1 amide bonds. The van der Waals surface area contributed by atoms with Crippen LogP contribution < -0.4 is 0 Å². The second-order valence-electron chi connectivity index (χ2n) is 5.00. The quantitative estimate of drug-likeness (QED) is 0.776. The molecule has 1 aliphatic rings. The van der Waals surface area contributed by atoms with Crippen LogP contribution in [0.25, 0.3) is 0 Å². The molecule has 2 rings (SSSR count). The van der Waals surface area contributed by atoms with Crippen LogP contribution in [0.15, 0.2) is 35.2 Å². The van der Waals surface area contributed by atoms with Crippen LogP contribution in [0.2, 0.25) is 0 Å². The predicted octanol–water partition coefficient (Wildman–Crippen LogP) is 3.43. The molecule has 2 nitrogen and oxygen atoms in total. The van der Waals surface area contributed by atoms with Gasteiger partial charge >= 0.3 is 0 Å². The topological polar surface area (TPSA) is 20.3 Å². The van der Waals surface area contributed by atoms with Gasteiger partial charge in [0.2, 0.25) is 5.91 Å². The lowest BCUT2D eigenvalue weighted by atomic mass is 10.0. The van der Waals surface area contributed by atoms with Crippen molar-refractivity contribution in [3.63, 3.8) is 0 Å². The Morgan fingerprint density at radius 3 is 2.89 bits per heavy atom. The van der Waals surface area contributed by atoms with E-state index in [2.05, 4.69) is 19.1 Å². The molecular weight excluding hydrogens is 242 g/mol. The van der Waals surface area contributed by atoms with Crippen molar-refractivity contribution >= 4 is 17.7 Å². The monoisotopic (exact) mass is 263 g/mol. The van der Waals surface area contributed by atoms with Crippen LogP contribution in [-0.2, 0) is 4.79 Å². The molecule has 0 bridgehead atoms. The molecule has 1 fully saturated rings. The van der Waals surface area contributed by atoms with Crippen LogP contribution in [0.1, 0.15) is 26.2 Å². The highest BCUT2D eigenvalue weighted by molar-refractivity contribution is 7.99. The number of likely N-dealkylation sites (tertiary alicyclic amines) is 1. The van der Waals surface area contributed by atoms with E-state index in [0.717, 1.165) is 18.8 Å². The number of hydrogen-bond donors (Lipinski definition) is 0. The number of amides is 1. The zero-order valence-electron chi connectivity index (χ0n) is 11.0. The molecule has 3 heteroatoms. The first-order chi connectivity index (χ1) is 8.75. The minimum absolute atomic E-state index is 0.324. The number of rotatable bonds is 4. The molecule has 98 valence electrons. The van der Waals surface area contributed by atoms with Gasteiger partial charge in [-0.05, 0) is 30.9 Å². The van der Waals surface area contributed by atoms with E-state index in [1.54, 1.807) is 11.8 Å². The van der Waals surface area contributed by atoms with Gasteiger partial charge in [-0.3, -0.25) is 4.79 Å². The first-order valence-corrected chi connectivity index (χ1v) is 7.70. The molecule has 0 N–H and O–H groups in total. The summed E-state index contributed by atoms with van der Waals surface area (Å²) < 4.78 is 0. The second-order valence-corrected chi connectivity index (χ2v) is 6.17. The molecule has 1 atom stereocenters. The van der Waals surface area contributed by atoms with Crippen LogP contribution in [0.5, 0.6) is 0 Å². The largest absolute Gasteiger partial charge is 0.342 e. The van der Waals surface area contributed by atoms with Crippen LogP contribution in [-0.4, -0.2) is 29.6 Å². The molecule has 18 heavy (non-hydrogen) atoms. The van der Waals surface area contributed by atoms with Crippen molar-refractivity contribution in [1.82, 2.24) is 4.90 Å². The van der Waals surface area contributed by atoms with E-state index in [1.807, 2.05) is 23.1 Å². The maximum absolute atomic E-state index is 12.0. The van der Waals surface area contributed by atoms with Crippen molar-refractivity contribution in [2.45, 2.75) is 31.1 Å². The average Bonchev–Trinajstić information content (AvgIpc) is 2.40. The fourth-order valence-electron chi connectivity index (χ4n) is 2.35. The minimum atomic E-state index is 0.324. The van der Waals surface area contributed by atoms with Gasteiger partial charge in [0.1, 0.15) is 0 Å². The number of piperidine rings is 1. The van der Waals surface area contributed by atoms with Crippen molar-refractivity contribution in [3.8, 4) is 0 Å². The zero-order chi connectivity index (χ0) is 12.8. The van der Waals surface area contributed by atoms with Crippen LogP contribution in [0.3, 0.4) is 0 Å². The van der Waals surface area contributed by atoms with E-state index in [4.69, 9.17) is 0 Å². The third kappa shape index (κ3) is 4.05. The van der Waals surface area contributed by atoms with Gasteiger partial charge in [-0.15, -0.1) is 11.8 Å². The van der Waals surface area contributed by atoms with Crippen LogP contribution >= 0.6 is 11.8 Å². The van der Waals surface area contributed by atoms with E-state index < -0.39 is 0 Å². The van der Waals surface area contributed by atoms with Crippen molar-refractivity contribution in [1.29, 1.82) is 0 Å². The predicted molar refractivity (Wildman–Crippen MR) is 76.8 cm³/mol. The number of carbonyl (C=O) groups excluding carboxylic acids is 1. The van der Waals surface area contributed by atoms with Crippen LogP contribution in [0.4, 0.5) is 0 Å². The van der Waals surface area contributed by atoms with Gasteiger partial charge in [0.05, 0.1) is 0 Å². The SMILES string of the molecule is C[C@H]1CCCN(C(=O)CCSc2ccccc2)C1. The van der Waals surface area contributed by atoms with E-state index in [-0.39, 0.29) is 0 Å². The van der Waals surface area contributed by atoms with Gasteiger partial charge in [-0.25, -0.2) is 0 Å². The summed E-state index contributed by atoms with van der Waals surface area (Å²) in [4.78, 5) is 15.3. The molecule has 0 radical (unpaired) electrons. The molecule has 0 saturated carbocycles. The molecule has 1 aliphatic heterocycles. The van der Waals surface area contributed by atoms with Crippen molar-refractivity contribution in [3.05, 3.63) is 30.3 Å². The molecule has 0 aliphatic carbocycles. The van der Waals surface area contributed by atoms with Crippen molar-refractivity contribution in [2.24, 2.45) is 5.92 Å². The van der Waals surface area contributed by atoms with Gasteiger partial charge in [0.25, 0.3) is 0 Å². The first-order valence-electron chi connectivity index (χ1n) is 6.71. The van der Waals surface area contributed by atoms with E-state index in [9.17, 15) is 4.79 Å². The summed E-state index contributed by atoms with van der Waals surface area (Å²) in [6, 6.07) is 10.3. The fraction of sp³-hybridized carbons (Fsp3) is 0.533. The molecule has 1 aromatic rings. The smallest absolute Gasteiger partial charge is 0.223 e. The summed E-state index contributed by atoms with van der Waals surface area (Å²) in [5, 5.41) is 0. The Kier molecular flexibility index (Phi) is 5.12. The Labute approximate surface area is 114 Å². The Morgan fingerprint density at radius 2 is 2.17 bits per heavy atom. The molecule has 1 saturated heterocycles. The van der Waals surface area contributed by atoms with Crippen molar-refractivity contribution in [2.75, 3.05) is 18.8 Å². The van der Waals surface area contributed by atoms with E-state index in [0.29, 0.717) is 18.2 Å². The summed E-state index contributed by atoms with van der Waals surface area (Å²) in [7, 11) is 0. The Balaban J connectivity index is 1.71. The van der Waals surface area contributed by atoms with Gasteiger partial charge in [0.15, 0.2) is 0 Å². The lowest BCUT2D eigenvalue weighted by Crippen LogP contribution is -2.39. The highest BCUT2D eigenvalue weighted by atomic mass is 32.2. The summed E-state index contributed by atoms with van der Waals surface area (Å²) in [6.07, 6.45) is 3.09. The molecule has 1 heterocycles. The molecule has 0 unspecified atom stereocenters. The van der Waals surface area contributed by atoms with Gasteiger partial charge in [0, 0.05) is 30.2 Å². The second kappa shape index (κ2) is 6.83. The Morgan fingerprint density at radius 1 is 1.39 bits per heavy atom. The highest BCUT2D eigenvalue weighted by Crippen LogP contribution is 2.20. The van der Waals surface area contributed by atoms with Gasteiger partial charge in [-0.2, -0.15) is 0 Å². The Hall–Kier alpha value is -0.960. The van der Waals surface area contributed by atoms with Crippen molar-refractivity contribution < 1.29 is 4.79 Å². The highest BCUT2D eigenvalue weighted by Gasteiger charge is 2.20. The molecule has 0 spiro atoms. The summed E-state index contributed by atoms with van der Waals surface area (Å²) in [6.45, 7) is 4.15. The normalized spacial score (nSPS) is 19.8. The van der Waals surface area contributed by atoms with E-state index in [1.165, 1.54) is 17.7 Å². The lowest BCUT2D eigenvalue weighted by Gasteiger charge is -2.31. The zero-order valence-corrected chi connectivity index (χ0v) is 11.8. The molecule has 1 aromatic carbocycles. The third-order valence-electron chi connectivity index (χ3n) is 3.34. The number of carbonyl (C=O) groups is 1. The maximum atomic E-state index is 12.0. The molecule has 0 aromatic heterocycles. The van der Waals surface area contributed by atoms with Crippen LogP contribution in [0, 0.1) is 5.92 Å². The number of thioether (sulfide) groups is 1. The third-order valence-corrected chi connectivity index (χ3v) is 4.35. The molecular formula is C15H21NOS. The first kappa shape index (κ1) is 13.5. The average molecular weight is 263 g/mol. The lowest BCUT2D eigenvalue weighted by molar-refractivity contribution is -0.132. The summed E-state index contributed by atoms with van der Waals surface area (Å²) in [5.74, 6) is 1.88. The standard InChI is InChI=1S/C15H21NOS/c1-13-6-5-10-16(12-13)15(17)9-11-18-14-7-3-2-4-8-14/h2-4,7-8,13H,5-6,9-12H2,1H3/t13-/m0/s1. The van der Waals surface area contributed by atoms with E-state index >= 15 is 0 Å². The number of benzene rings is 1. The summed E-state index contributed by atoms with van der Waals surface area (Å²) >= 11 is 1.77. The number of hydrogen-bond acceptors (Lipinski definition) is 2. The maximum Gasteiger partial charge on any atom is 0.223 e. The van der Waals surface area contributed by atoms with Gasteiger partial charge < -0.3 is 4.90 Å².